The summed E-state index contributed by atoms with van der Waals surface area (Å²) in [4.78, 5) is 12.6. The fourth-order valence-electron chi connectivity index (χ4n) is 4.31. The van der Waals surface area contributed by atoms with Gasteiger partial charge in [0.05, 0.1) is 7.11 Å². The largest absolute Gasteiger partial charge is 0.496 e. The van der Waals surface area contributed by atoms with Gasteiger partial charge in [0.15, 0.2) is 0 Å². The van der Waals surface area contributed by atoms with Crippen molar-refractivity contribution in [3.05, 3.63) is 29.3 Å². The Morgan fingerprint density at radius 1 is 0.857 bits per heavy atom. The molecule has 0 bridgehead atoms. The molecule has 0 amide bonds. The second-order valence-electron chi connectivity index (χ2n) is 11.1. The minimum Gasteiger partial charge on any atom is -0.496 e. The zero-order valence-electron chi connectivity index (χ0n) is 23.8. The Bertz CT molecular complexity index is 696. The van der Waals surface area contributed by atoms with Gasteiger partial charge in [-0.15, -0.1) is 0 Å². The highest BCUT2D eigenvalue weighted by Gasteiger charge is 2.24. The molecule has 1 atom stereocenters. The van der Waals surface area contributed by atoms with E-state index < -0.39 is 15.3 Å². The minimum atomic E-state index is -1.05. The third-order valence-electron chi connectivity index (χ3n) is 6.37. The lowest BCUT2D eigenvalue weighted by atomic mass is 9.86. The first-order valence-electron chi connectivity index (χ1n) is 14.0. The first-order chi connectivity index (χ1) is 16.7. The van der Waals surface area contributed by atoms with Gasteiger partial charge in [0.2, 0.25) is 15.3 Å². The second kappa shape index (κ2) is 18.0. The lowest BCUT2D eigenvalue weighted by Gasteiger charge is -2.25. The maximum Gasteiger partial charge on any atom is 0.308 e. The standard InChI is InChI=1S/C30H53O4Si/c1-8-9-10-11-12-13-14-15-16-17-18-19-20-21-28(31)33-29(34-35(6)7)25-22-23-26(30(2,3)4)27(24-25)32-5/h22-24,29H,8-21H2,1-7H3. The average molecular weight is 506 g/mol. The van der Waals surface area contributed by atoms with E-state index in [1.807, 2.05) is 12.1 Å². The van der Waals surface area contributed by atoms with Crippen LogP contribution in [0.4, 0.5) is 0 Å². The summed E-state index contributed by atoms with van der Waals surface area (Å²) in [7, 11) is 0.632. The lowest BCUT2D eigenvalue weighted by Crippen LogP contribution is -2.20. The molecule has 1 aromatic carbocycles. The molecule has 4 nitrogen and oxygen atoms in total. The lowest BCUT2D eigenvalue weighted by molar-refractivity contribution is -0.165. The Labute approximate surface area is 218 Å². The van der Waals surface area contributed by atoms with Crippen LogP contribution in [-0.2, 0) is 19.4 Å². The van der Waals surface area contributed by atoms with Gasteiger partial charge >= 0.3 is 5.97 Å². The second-order valence-corrected chi connectivity index (χ2v) is 13.1. The van der Waals surface area contributed by atoms with E-state index >= 15 is 0 Å². The molecule has 0 saturated carbocycles. The zero-order chi connectivity index (χ0) is 26.1. The van der Waals surface area contributed by atoms with Gasteiger partial charge < -0.3 is 13.9 Å². The molecule has 0 aliphatic carbocycles. The topological polar surface area (TPSA) is 44.8 Å². The van der Waals surface area contributed by atoms with E-state index in [-0.39, 0.29) is 11.4 Å². The van der Waals surface area contributed by atoms with E-state index in [9.17, 15) is 4.79 Å². The number of carbonyl (C=O) groups is 1. The monoisotopic (exact) mass is 505 g/mol. The number of hydrogen-bond donors (Lipinski definition) is 0. The van der Waals surface area contributed by atoms with Gasteiger partial charge in [0.1, 0.15) is 5.75 Å². The summed E-state index contributed by atoms with van der Waals surface area (Å²) in [5.41, 5.74) is 1.93. The highest BCUT2D eigenvalue weighted by molar-refractivity contribution is 6.48. The van der Waals surface area contributed by atoms with Crippen molar-refractivity contribution >= 4 is 15.0 Å². The van der Waals surface area contributed by atoms with Crippen molar-refractivity contribution in [2.24, 2.45) is 0 Å². The van der Waals surface area contributed by atoms with Crippen LogP contribution in [0.3, 0.4) is 0 Å². The van der Waals surface area contributed by atoms with Crippen molar-refractivity contribution in [3.63, 3.8) is 0 Å². The van der Waals surface area contributed by atoms with Gasteiger partial charge in [-0.25, -0.2) is 0 Å². The SMILES string of the molecule is CCCCCCCCCCCCCCCC(=O)OC(O[Si](C)C)c1ccc(C(C)(C)C)c(OC)c1. The maximum absolute atomic E-state index is 12.6. The first kappa shape index (κ1) is 31.7. The molecular formula is C30H53O4Si. The van der Waals surface area contributed by atoms with Gasteiger partial charge in [-0.1, -0.05) is 117 Å². The number of rotatable bonds is 19. The van der Waals surface area contributed by atoms with Crippen LogP contribution in [0, 0.1) is 0 Å². The van der Waals surface area contributed by atoms with Crippen molar-refractivity contribution in [2.45, 2.75) is 142 Å². The minimum absolute atomic E-state index is 0.0321. The third kappa shape index (κ3) is 14.1. The highest BCUT2D eigenvalue weighted by Crippen LogP contribution is 2.34. The van der Waals surface area contributed by atoms with E-state index in [2.05, 4.69) is 46.9 Å². The maximum atomic E-state index is 12.6. The average Bonchev–Trinajstić information content (AvgIpc) is 2.80. The van der Waals surface area contributed by atoms with E-state index in [1.165, 1.54) is 70.6 Å². The van der Waals surface area contributed by atoms with E-state index in [0.29, 0.717) is 6.42 Å². The summed E-state index contributed by atoms with van der Waals surface area (Å²) in [6, 6.07) is 6.01. The molecule has 0 heterocycles. The molecule has 0 N–H and O–H groups in total. The summed E-state index contributed by atoms with van der Waals surface area (Å²) in [5.74, 6) is 0.623. The number of methoxy groups -OCH3 is 1. The van der Waals surface area contributed by atoms with E-state index in [1.54, 1.807) is 7.11 Å². The Balaban J connectivity index is 2.36. The summed E-state index contributed by atoms with van der Waals surface area (Å²) in [5, 5.41) is 0. The fourth-order valence-corrected chi connectivity index (χ4v) is 4.93. The molecular weight excluding hydrogens is 452 g/mol. The summed E-state index contributed by atoms with van der Waals surface area (Å²) >= 11 is 0. The van der Waals surface area contributed by atoms with Crippen LogP contribution >= 0.6 is 0 Å². The molecule has 35 heavy (non-hydrogen) atoms. The van der Waals surface area contributed by atoms with Crippen LogP contribution in [-0.4, -0.2) is 22.1 Å². The number of esters is 1. The molecule has 1 aromatic rings. The van der Waals surface area contributed by atoms with E-state index in [0.717, 1.165) is 29.7 Å². The Morgan fingerprint density at radius 3 is 1.83 bits per heavy atom. The number of unbranched alkanes of at least 4 members (excludes halogenated alkanes) is 12. The van der Waals surface area contributed by atoms with Crippen LogP contribution in [0.15, 0.2) is 18.2 Å². The summed E-state index contributed by atoms with van der Waals surface area (Å²) in [6.45, 7) is 12.9. The number of benzene rings is 1. The molecule has 0 spiro atoms. The molecule has 0 saturated heterocycles. The fraction of sp³-hybridized carbons (Fsp3) is 0.767. The molecule has 5 heteroatoms. The van der Waals surface area contributed by atoms with Gasteiger partial charge in [-0.05, 0) is 36.6 Å². The van der Waals surface area contributed by atoms with Gasteiger partial charge in [-0.3, -0.25) is 4.79 Å². The molecule has 1 radical (unpaired) electrons. The van der Waals surface area contributed by atoms with Gasteiger partial charge in [0, 0.05) is 12.0 Å². The van der Waals surface area contributed by atoms with Crippen molar-refractivity contribution in [3.8, 4) is 5.75 Å². The van der Waals surface area contributed by atoms with Gasteiger partial charge in [-0.2, -0.15) is 0 Å². The van der Waals surface area contributed by atoms with Crippen molar-refractivity contribution in [2.75, 3.05) is 7.11 Å². The number of hydrogen-bond acceptors (Lipinski definition) is 4. The van der Waals surface area contributed by atoms with Crippen LogP contribution in [0.5, 0.6) is 5.75 Å². The zero-order valence-corrected chi connectivity index (χ0v) is 24.8. The molecule has 0 aliphatic heterocycles. The van der Waals surface area contributed by atoms with Crippen LogP contribution in [0.25, 0.3) is 0 Å². The van der Waals surface area contributed by atoms with Crippen LogP contribution in [0.2, 0.25) is 13.1 Å². The van der Waals surface area contributed by atoms with Crippen molar-refractivity contribution < 1.29 is 18.7 Å². The molecule has 1 unspecified atom stereocenters. The first-order valence-corrected chi connectivity index (χ1v) is 16.4. The predicted octanol–water partition coefficient (Wildman–Crippen LogP) is 9.28. The van der Waals surface area contributed by atoms with Crippen LogP contribution < -0.4 is 4.74 Å². The summed E-state index contributed by atoms with van der Waals surface area (Å²) < 4.78 is 17.5. The molecule has 1 rings (SSSR count). The third-order valence-corrected chi connectivity index (χ3v) is 7.06. The van der Waals surface area contributed by atoms with Crippen molar-refractivity contribution in [1.82, 2.24) is 0 Å². The van der Waals surface area contributed by atoms with Crippen molar-refractivity contribution in [1.29, 1.82) is 0 Å². The smallest absolute Gasteiger partial charge is 0.308 e. The Hall–Kier alpha value is -1.33. The quantitative estimate of drug-likeness (QED) is 0.0813. The molecule has 201 valence electrons. The molecule has 0 fully saturated rings. The molecule has 0 aliphatic rings. The summed E-state index contributed by atoms with van der Waals surface area (Å²) in [6.07, 6.45) is 16.6. The van der Waals surface area contributed by atoms with Gasteiger partial charge in [0.25, 0.3) is 0 Å². The normalized spacial score (nSPS) is 12.7. The van der Waals surface area contributed by atoms with E-state index in [4.69, 9.17) is 13.9 Å². The molecule has 0 aromatic heterocycles. The Kier molecular flexibility index (Phi) is 16.3. The highest BCUT2D eigenvalue weighted by atomic mass is 28.3. The number of carbonyl (C=O) groups excluding carboxylic acids is 1. The Morgan fingerprint density at radius 2 is 1.37 bits per heavy atom. The predicted molar refractivity (Wildman–Crippen MR) is 149 cm³/mol. The number of ether oxygens (including phenoxy) is 2. The van der Waals surface area contributed by atoms with Crippen LogP contribution in [0.1, 0.15) is 135 Å².